The minimum atomic E-state index is -0.469. The standard InChI is InChI=1S/C15H12N4O2S/c1-9(12-7-4-8-22-12)16-19-15(21)13-10-5-2-3-6-11(10)14(20)18-17-13/h2-8H,1H3,(H,18,20)(H,19,21). The second-order valence-electron chi connectivity index (χ2n) is 4.56. The van der Waals surface area contributed by atoms with Crippen molar-refractivity contribution >= 4 is 33.7 Å². The molecule has 0 aliphatic rings. The van der Waals surface area contributed by atoms with Crippen LogP contribution in [0.15, 0.2) is 51.7 Å². The number of hydrogen-bond acceptors (Lipinski definition) is 5. The van der Waals surface area contributed by atoms with E-state index in [9.17, 15) is 9.59 Å². The lowest BCUT2D eigenvalue weighted by Crippen LogP contribution is -2.23. The van der Waals surface area contributed by atoms with Crippen LogP contribution in [-0.4, -0.2) is 21.8 Å². The Hall–Kier alpha value is -2.80. The second-order valence-corrected chi connectivity index (χ2v) is 5.51. The van der Waals surface area contributed by atoms with Crippen LogP contribution in [0.1, 0.15) is 22.3 Å². The molecular formula is C15H12N4O2S. The van der Waals surface area contributed by atoms with E-state index in [1.165, 1.54) is 11.3 Å². The van der Waals surface area contributed by atoms with Crippen molar-refractivity contribution in [1.82, 2.24) is 15.6 Å². The van der Waals surface area contributed by atoms with E-state index in [1.807, 2.05) is 24.4 Å². The van der Waals surface area contributed by atoms with Crippen molar-refractivity contribution < 1.29 is 4.79 Å². The van der Waals surface area contributed by atoms with E-state index in [1.54, 1.807) is 24.3 Å². The molecule has 0 saturated heterocycles. The number of benzene rings is 1. The highest BCUT2D eigenvalue weighted by Crippen LogP contribution is 2.12. The number of thiophene rings is 1. The molecule has 0 aliphatic heterocycles. The molecule has 2 N–H and O–H groups in total. The van der Waals surface area contributed by atoms with Gasteiger partial charge in [-0.25, -0.2) is 10.5 Å². The van der Waals surface area contributed by atoms with Gasteiger partial charge in [0.15, 0.2) is 5.69 Å². The molecule has 22 heavy (non-hydrogen) atoms. The summed E-state index contributed by atoms with van der Waals surface area (Å²) < 4.78 is 0. The van der Waals surface area contributed by atoms with Gasteiger partial charge in [-0.1, -0.05) is 24.3 Å². The van der Waals surface area contributed by atoms with Gasteiger partial charge in [0.2, 0.25) is 0 Å². The zero-order chi connectivity index (χ0) is 15.5. The number of hydrazone groups is 1. The van der Waals surface area contributed by atoms with Crippen molar-refractivity contribution in [3.05, 3.63) is 62.7 Å². The number of H-pyrrole nitrogens is 1. The summed E-state index contributed by atoms with van der Waals surface area (Å²) in [5, 5.41) is 13.1. The molecule has 2 heterocycles. The average Bonchev–Trinajstić information content (AvgIpc) is 3.07. The van der Waals surface area contributed by atoms with Gasteiger partial charge in [-0.3, -0.25) is 9.59 Å². The Morgan fingerprint density at radius 1 is 1.23 bits per heavy atom. The fraction of sp³-hybridized carbons (Fsp3) is 0.0667. The minimum absolute atomic E-state index is 0.137. The Kier molecular flexibility index (Phi) is 3.80. The van der Waals surface area contributed by atoms with Crippen LogP contribution in [0.2, 0.25) is 0 Å². The summed E-state index contributed by atoms with van der Waals surface area (Å²) in [7, 11) is 0. The van der Waals surface area contributed by atoms with E-state index in [2.05, 4.69) is 20.7 Å². The van der Waals surface area contributed by atoms with Crippen molar-refractivity contribution in [2.24, 2.45) is 5.10 Å². The van der Waals surface area contributed by atoms with Gasteiger partial charge in [0.1, 0.15) is 0 Å². The minimum Gasteiger partial charge on any atom is -0.267 e. The van der Waals surface area contributed by atoms with E-state index in [0.717, 1.165) is 4.88 Å². The van der Waals surface area contributed by atoms with Crippen LogP contribution >= 0.6 is 11.3 Å². The van der Waals surface area contributed by atoms with E-state index >= 15 is 0 Å². The first-order valence-corrected chi connectivity index (χ1v) is 7.40. The summed E-state index contributed by atoms with van der Waals surface area (Å²) in [6, 6.07) is 10.6. The molecule has 110 valence electrons. The molecule has 0 aliphatic carbocycles. The number of amides is 1. The largest absolute Gasteiger partial charge is 0.292 e. The Labute approximate surface area is 129 Å². The van der Waals surface area contributed by atoms with Gasteiger partial charge < -0.3 is 0 Å². The molecule has 0 unspecified atom stereocenters. The summed E-state index contributed by atoms with van der Waals surface area (Å²) in [5.74, 6) is -0.469. The predicted octanol–water partition coefficient (Wildman–Crippen LogP) is 2.14. The fourth-order valence-corrected chi connectivity index (χ4v) is 2.69. The van der Waals surface area contributed by atoms with Gasteiger partial charge in [-0.15, -0.1) is 11.3 Å². The lowest BCUT2D eigenvalue weighted by Gasteiger charge is -2.04. The first kappa shape index (κ1) is 14.2. The molecule has 3 rings (SSSR count). The highest BCUT2D eigenvalue weighted by atomic mass is 32.1. The molecule has 0 radical (unpaired) electrons. The Morgan fingerprint density at radius 3 is 2.73 bits per heavy atom. The summed E-state index contributed by atoms with van der Waals surface area (Å²) in [4.78, 5) is 24.9. The number of aromatic nitrogens is 2. The molecular weight excluding hydrogens is 300 g/mol. The molecule has 2 aromatic heterocycles. The second kappa shape index (κ2) is 5.90. The van der Waals surface area contributed by atoms with Crippen molar-refractivity contribution in [2.45, 2.75) is 6.92 Å². The number of nitrogens with one attached hydrogen (secondary N) is 2. The number of carbonyl (C=O) groups excluding carboxylic acids is 1. The normalized spacial score (nSPS) is 11.6. The topological polar surface area (TPSA) is 87.2 Å². The molecule has 0 atom stereocenters. The molecule has 0 fully saturated rings. The van der Waals surface area contributed by atoms with Gasteiger partial charge in [0, 0.05) is 10.3 Å². The van der Waals surface area contributed by atoms with E-state index in [4.69, 9.17) is 0 Å². The van der Waals surface area contributed by atoms with Crippen molar-refractivity contribution in [3.63, 3.8) is 0 Å². The van der Waals surface area contributed by atoms with Crippen LogP contribution in [0, 0.1) is 0 Å². The average molecular weight is 312 g/mol. The molecule has 3 aromatic rings. The van der Waals surface area contributed by atoms with Crippen molar-refractivity contribution in [2.75, 3.05) is 0 Å². The highest BCUT2D eigenvalue weighted by Gasteiger charge is 2.13. The Bertz CT molecular complexity index is 913. The van der Waals surface area contributed by atoms with Crippen LogP contribution in [0.4, 0.5) is 0 Å². The van der Waals surface area contributed by atoms with Crippen LogP contribution in [0.25, 0.3) is 10.8 Å². The number of fused-ring (bicyclic) bond motifs is 1. The van der Waals surface area contributed by atoms with Crippen LogP contribution in [0.3, 0.4) is 0 Å². The first-order valence-electron chi connectivity index (χ1n) is 6.53. The lowest BCUT2D eigenvalue weighted by molar-refractivity contribution is 0.0950. The first-order chi connectivity index (χ1) is 10.7. The van der Waals surface area contributed by atoms with Crippen LogP contribution in [0.5, 0.6) is 0 Å². The molecule has 0 spiro atoms. The summed E-state index contributed by atoms with van der Waals surface area (Å²) in [6.07, 6.45) is 0. The van der Waals surface area contributed by atoms with Crippen molar-refractivity contribution in [1.29, 1.82) is 0 Å². The van der Waals surface area contributed by atoms with Crippen LogP contribution < -0.4 is 11.0 Å². The summed E-state index contributed by atoms with van der Waals surface area (Å²) >= 11 is 1.54. The fourth-order valence-electron chi connectivity index (χ4n) is 2.01. The van der Waals surface area contributed by atoms with Crippen LogP contribution in [-0.2, 0) is 0 Å². The van der Waals surface area contributed by atoms with Gasteiger partial charge in [-0.05, 0) is 24.4 Å². The number of nitrogens with zero attached hydrogens (tertiary/aromatic N) is 2. The summed E-state index contributed by atoms with van der Waals surface area (Å²) in [5.41, 5.74) is 2.98. The lowest BCUT2D eigenvalue weighted by atomic mass is 10.1. The zero-order valence-corrected chi connectivity index (χ0v) is 12.5. The SMILES string of the molecule is CC(=NNC(=O)c1n[nH]c(=O)c2ccccc12)c1cccs1. The van der Waals surface area contributed by atoms with Crippen molar-refractivity contribution in [3.8, 4) is 0 Å². The smallest absolute Gasteiger partial charge is 0.267 e. The van der Waals surface area contributed by atoms with E-state index in [0.29, 0.717) is 16.5 Å². The highest BCUT2D eigenvalue weighted by molar-refractivity contribution is 7.12. The molecule has 7 heteroatoms. The zero-order valence-electron chi connectivity index (χ0n) is 11.7. The third-order valence-electron chi connectivity index (χ3n) is 3.11. The monoisotopic (exact) mass is 312 g/mol. The number of rotatable bonds is 3. The Balaban J connectivity index is 1.92. The van der Waals surface area contributed by atoms with Gasteiger partial charge in [0.25, 0.3) is 11.5 Å². The van der Waals surface area contributed by atoms with Gasteiger partial charge in [0.05, 0.1) is 11.1 Å². The maximum atomic E-state index is 12.2. The molecule has 0 bridgehead atoms. The third kappa shape index (κ3) is 2.66. The van der Waals surface area contributed by atoms with Gasteiger partial charge in [-0.2, -0.15) is 10.2 Å². The van der Waals surface area contributed by atoms with Gasteiger partial charge >= 0.3 is 0 Å². The number of aromatic amines is 1. The molecule has 6 nitrogen and oxygen atoms in total. The number of hydrogen-bond donors (Lipinski definition) is 2. The maximum Gasteiger partial charge on any atom is 0.292 e. The predicted molar refractivity (Wildman–Crippen MR) is 86.4 cm³/mol. The quantitative estimate of drug-likeness (QED) is 0.574. The molecule has 1 aromatic carbocycles. The number of carbonyl (C=O) groups is 1. The van der Waals surface area contributed by atoms with E-state index in [-0.39, 0.29) is 11.3 Å². The molecule has 0 saturated carbocycles. The maximum absolute atomic E-state index is 12.2. The molecule has 1 amide bonds. The van der Waals surface area contributed by atoms with E-state index < -0.39 is 5.91 Å². The third-order valence-corrected chi connectivity index (χ3v) is 4.09. The summed E-state index contributed by atoms with van der Waals surface area (Å²) in [6.45, 7) is 1.81. The Morgan fingerprint density at radius 2 is 2.00 bits per heavy atom.